The third kappa shape index (κ3) is 4.84. The van der Waals surface area contributed by atoms with Crippen molar-refractivity contribution in [2.45, 2.75) is 32.9 Å². The molecule has 0 aromatic heterocycles. The molecule has 1 saturated heterocycles. The SMILES string of the molecule is Cc1cccc(C2/C(=C(\O)c3ccc(Cl)cc3)C(=O)C(=O)N2c2ccc(C(=O)OC(C)C)cc2)c1. The molecular formula is C28H24ClNO5. The number of hydrogen-bond acceptors (Lipinski definition) is 5. The number of ether oxygens (including phenoxy) is 1. The molecule has 7 heteroatoms. The molecule has 3 aromatic carbocycles. The fourth-order valence-corrected chi connectivity index (χ4v) is 4.18. The number of aliphatic hydroxyl groups excluding tert-OH is 1. The molecule has 1 atom stereocenters. The lowest BCUT2D eigenvalue weighted by Crippen LogP contribution is -2.29. The molecule has 0 spiro atoms. The summed E-state index contributed by atoms with van der Waals surface area (Å²) >= 11 is 5.98. The van der Waals surface area contributed by atoms with Gasteiger partial charge < -0.3 is 9.84 Å². The van der Waals surface area contributed by atoms with Gasteiger partial charge in [0.05, 0.1) is 23.3 Å². The maximum atomic E-state index is 13.3. The largest absolute Gasteiger partial charge is 0.507 e. The number of anilines is 1. The molecule has 1 heterocycles. The summed E-state index contributed by atoms with van der Waals surface area (Å²) in [7, 11) is 0. The van der Waals surface area contributed by atoms with Crippen LogP contribution in [0.4, 0.5) is 5.69 Å². The van der Waals surface area contributed by atoms with E-state index in [1.165, 1.54) is 4.90 Å². The molecule has 35 heavy (non-hydrogen) atoms. The van der Waals surface area contributed by atoms with E-state index in [9.17, 15) is 19.5 Å². The monoisotopic (exact) mass is 489 g/mol. The zero-order valence-corrected chi connectivity index (χ0v) is 20.2. The number of Topliss-reactive ketones (excluding diaryl/α,β-unsaturated/α-hetero) is 1. The lowest BCUT2D eigenvalue weighted by Gasteiger charge is -2.26. The Hall–Kier alpha value is -3.90. The Morgan fingerprint density at radius 2 is 1.60 bits per heavy atom. The fraction of sp³-hybridized carbons (Fsp3) is 0.179. The van der Waals surface area contributed by atoms with Gasteiger partial charge in [0.25, 0.3) is 11.7 Å². The number of aliphatic hydroxyl groups is 1. The molecule has 1 N–H and O–H groups in total. The Morgan fingerprint density at radius 1 is 0.971 bits per heavy atom. The van der Waals surface area contributed by atoms with E-state index in [4.69, 9.17) is 16.3 Å². The Morgan fingerprint density at radius 3 is 2.20 bits per heavy atom. The van der Waals surface area contributed by atoms with Crippen LogP contribution in [0.5, 0.6) is 0 Å². The van der Waals surface area contributed by atoms with Crippen LogP contribution in [-0.2, 0) is 14.3 Å². The Balaban J connectivity index is 1.84. The van der Waals surface area contributed by atoms with Crippen molar-refractivity contribution in [3.8, 4) is 0 Å². The number of amides is 1. The van der Waals surface area contributed by atoms with Crippen molar-refractivity contribution in [2.75, 3.05) is 4.90 Å². The zero-order valence-electron chi connectivity index (χ0n) is 19.5. The lowest BCUT2D eigenvalue weighted by atomic mass is 9.94. The molecule has 6 nitrogen and oxygen atoms in total. The van der Waals surface area contributed by atoms with Crippen LogP contribution in [0.25, 0.3) is 5.76 Å². The number of esters is 1. The highest BCUT2D eigenvalue weighted by Crippen LogP contribution is 2.42. The van der Waals surface area contributed by atoms with Crippen LogP contribution in [0.15, 0.2) is 78.4 Å². The van der Waals surface area contributed by atoms with Crippen molar-refractivity contribution in [1.29, 1.82) is 0 Å². The van der Waals surface area contributed by atoms with Gasteiger partial charge in [-0.15, -0.1) is 0 Å². The molecule has 1 amide bonds. The van der Waals surface area contributed by atoms with Gasteiger partial charge in [0.15, 0.2) is 0 Å². The van der Waals surface area contributed by atoms with Crippen molar-refractivity contribution in [1.82, 2.24) is 0 Å². The lowest BCUT2D eigenvalue weighted by molar-refractivity contribution is -0.132. The minimum absolute atomic E-state index is 0.0220. The van der Waals surface area contributed by atoms with Crippen molar-refractivity contribution in [3.63, 3.8) is 0 Å². The Kier molecular flexibility index (Phi) is 6.76. The average Bonchev–Trinajstić information content (AvgIpc) is 3.09. The van der Waals surface area contributed by atoms with E-state index in [0.717, 1.165) is 5.56 Å². The van der Waals surface area contributed by atoms with Gasteiger partial charge in [-0.05, 0) is 74.9 Å². The molecule has 178 valence electrons. The van der Waals surface area contributed by atoms with E-state index < -0.39 is 23.7 Å². The molecule has 1 unspecified atom stereocenters. The van der Waals surface area contributed by atoms with Gasteiger partial charge in [-0.1, -0.05) is 41.4 Å². The Bertz CT molecular complexity index is 1330. The predicted octanol–water partition coefficient (Wildman–Crippen LogP) is 5.84. The first-order chi connectivity index (χ1) is 16.7. The summed E-state index contributed by atoms with van der Waals surface area (Å²) in [6.45, 7) is 5.42. The highest BCUT2D eigenvalue weighted by atomic mass is 35.5. The standard InChI is InChI=1S/C28H24ClNO5/c1-16(2)35-28(34)19-9-13-22(14-10-19)30-24(20-6-4-5-17(3)15-20)23(26(32)27(30)33)25(31)18-7-11-21(29)12-8-18/h4-16,24,31H,1-3H3/b25-23+. The van der Waals surface area contributed by atoms with Crippen LogP contribution < -0.4 is 4.90 Å². The zero-order chi connectivity index (χ0) is 25.3. The number of rotatable bonds is 5. The smallest absolute Gasteiger partial charge is 0.338 e. The molecule has 1 aliphatic rings. The third-order valence-corrected chi connectivity index (χ3v) is 5.90. The molecule has 0 bridgehead atoms. The molecule has 0 radical (unpaired) electrons. The summed E-state index contributed by atoms with van der Waals surface area (Å²) in [5.41, 5.74) is 2.69. The summed E-state index contributed by atoms with van der Waals surface area (Å²) < 4.78 is 5.23. The van der Waals surface area contributed by atoms with Crippen molar-refractivity contribution in [3.05, 3.63) is 106 Å². The highest BCUT2D eigenvalue weighted by Gasteiger charge is 2.47. The predicted molar refractivity (Wildman–Crippen MR) is 134 cm³/mol. The van der Waals surface area contributed by atoms with Crippen LogP contribution in [0.1, 0.15) is 46.9 Å². The fourth-order valence-electron chi connectivity index (χ4n) is 4.06. The number of aryl methyl sites for hydroxylation is 1. The van der Waals surface area contributed by atoms with Crippen molar-refractivity contribution in [2.24, 2.45) is 0 Å². The number of carbonyl (C=O) groups excluding carboxylic acids is 3. The van der Waals surface area contributed by atoms with Crippen LogP contribution >= 0.6 is 11.6 Å². The molecule has 4 rings (SSSR count). The topological polar surface area (TPSA) is 83.9 Å². The summed E-state index contributed by atoms with van der Waals surface area (Å²) in [5, 5.41) is 11.6. The quantitative estimate of drug-likeness (QED) is 0.211. The summed E-state index contributed by atoms with van der Waals surface area (Å²) in [4.78, 5) is 40.1. The van der Waals surface area contributed by atoms with Crippen LogP contribution in [-0.4, -0.2) is 28.9 Å². The number of halogens is 1. The molecule has 1 fully saturated rings. The van der Waals surface area contributed by atoms with Crippen LogP contribution in [0.3, 0.4) is 0 Å². The van der Waals surface area contributed by atoms with E-state index in [-0.39, 0.29) is 17.4 Å². The van der Waals surface area contributed by atoms with Crippen molar-refractivity contribution >= 4 is 40.7 Å². The first-order valence-corrected chi connectivity index (χ1v) is 11.5. The van der Waals surface area contributed by atoms with E-state index in [0.29, 0.717) is 27.4 Å². The molecule has 3 aromatic rings. The van der Waals surface area contributed by atoms with Gasteiger partial charge in [0.2, 0.25) is 0 Å². The van der Waals surface area contributed by atoms with E-state index in [1.54, 1.807) is 68.4 Å². The van der Waals surface area contributed by atoms with Gasteiger partial charge in [-0.2, -0.15) is 0 Å². The van der Waals surface area contributed by atoms with E-state index >= 15 is 0 Å². The first-order valence-electron chi connectivity index (χ1n) is 11.1. The minimum atomic E-state index is -0.862. The van der Waals surface area contributed by atoms with Gasteiger partial charge >= 0.3 is 5.97 Å². The van der Waals surface area contributed by atoms with Gasteiger partial charge in [-0.3, -0.25) is 14.5 Å². The summed E-state index contributed by atoms with van der Waals surface area (Å²) in [6, 6.07) is 19.2. The second-order valence-corrected chi connectivity index (χ2v) is 9.03. The third-order valence-electron chi connectivity index (χ3n) is 5.64. The molecule has 1 aliphatic heterocycles. The van der Waals surface area contributed by atoms with Crippen LogP contribution in [0.2, 0.25) is 5.02 Å². The normalized spacial score (nSPS) is 17.2. The highest BCUT2D eigenvalue weighted by molar-refractivity contribution is 6.51. The second-order valence-electron chi connectivity index (χ2n) is 8.59. The minimum Gasteiger partial charge on any atom is -0.507 e. The number of nitrogens with zero attached hydrogens (tertiary/aromatic N) is 1. The second kappa shape index (κ2) is 9.76. The van der Waals surface area contributed by atoms with Crippen molar-refractivity contribution < 1.29 is 24.2 Å². The maximum Gasteiger partial charge on any atom is 0.338 e. The van der Waals surface area contributed by atoms with Gasteiger partial charge in [0, 0.05) is 16.3 Å². The van der Waals surface area contributed by atoms with E-state index in [2.05, 4.69) is 0 Å². The number of benzene rings is 3. The molecular weight excluding hydrogens is 466 g/mol. The Labute approximate surface area is 208 Å². The first kappa shape index (κ1) is 24.2. The average molecular weight is 490 g/mol. The number of ketones is 1. The summed E-state index contributed by atoms with van der Waals surface area (Å²) in [6.07, 6.45) is -0.269. The molecule has 0 saturated carbocycles. The van der Waals surface area contributed by atoms with Gasteiger partial charge in [0.1, 0.15) is 5.76 Å². The molecule has 0 aliphatic carbocycles. The number of hydrogen-bond donors (Lipinski definition) is 1. The number of carbonyl (C=O) groups is 3. The summed E-state index contributed by atoms with van der Waals surface area (Å²) in [5.74, 6) is -2.34. The maximum absolute atomic E-state index is 13.3. The van der Waals surface area contributed by atoms with Gasteiger partial charge in [-0.25, -0.2) is 4.79 Å². The van der Waals surface area contributed by atoms with Crippen LogP contribution in [0, 0.1) is 6.92 Å². The van der Waals surface area contributed by atoms with E-state index in [1.807, 2.05) is 25.1 Å².